The molecule has 1 aromatic carbocycles. The van der Waals surface area contributed by atoms with Gasteiger partial charge in [-0.15, -0.1) is 11.8 Å². The third kappa shape index (κ3) is 15.2. The largest absolute Gasteiger partial charge is 0.344 e. The van der Waals surface area contributed by atoms with Crippen LogP contribution in [0.25, 0.3) is 0 Å². The van der Waals surface area contributed by atoms with Crippen LogP contribution in [0.1, 0.15) is 64.2 Å². The Bertz CT molecular complexity index is 330. The van der Waals surface area contributed by atoms with Gasteiger partial charge in [0.15, 0.2) is 0 Å². The molecule has 3 N–H and O–H groups in total. The highest BCUT2D eigenvalue weighted by atomic mass is 32.2. The molecule has 0 aliphatic heterocycles. The molecule has 3 heteroatoms. The van der Waals surface area contributed by atoms with Crippen LogP contribution in [0.15, 0.2) is 35.2 Å². The minimum absolute atomic E-state index is 0. The van der Waals surface area contributed by atoms with Gasteiger partial charge in [-0.25, -0.2) is 0 Å². The Morgan fingerprint density at radius 3 is 1.74 bits per heavy atom. The highest BCUT2D eigenvalue weighted by molar-refractivity contribution is 7.99. The van der Waals surface area contributed by atoms with Crippen LogP contribution in [0, 0.1) is 6.92 Å². The van der Waals surface area contributed by atoms with Crippen LogP contribution < -0.4 is 6.15 Å². The predicted molar refractivity (Wildman–Crippen MR) is 111 cm³/mol. The zero-order chi connectivity index (χ0) is 15.7. The second-order valence-electron chi connectivity index (χ2n) is 5.81. The normalized spacial score (nSPS) is 10.5. The number of unbranched alkanes of at least 4 members (excludes halogenated alkanes) is 8. The van der Waals surface area contributed by atoms with Crippen molar-refractivity contribution in [3.05, 3.63) is 37.3 Å². The predicted octanol–water partition coefficient (Wildman–Crippen LogP) is 7.41. The molecule has 0 aliphatic rings. The van der Waals surface area contributed by atoms with Gasteiger partial charge in [0.1, 0.15) is 0 Å². The van der Waals surface area contributed by atoms with E-state index in [0.717, 1.165) is 6.42 Å². The minimum atomic E-state index is 0. The van der Waals surface area contributed by atoms with E-state index in [4.69, 9.17) is 0 Å². The molecule has 1 aromatic rings. The number of hydrogen-bond acceptors (Lipinski definition) is 3. The Labute approximate surface area is 153 Å². The van der Waals surface area contributed by atoms with Crippen LogP contribution in [-0.4, -0.2) is 17.3 Å². The molecular formula is C20H36NS2. The molecule has 0 saturated carbocycles. The summed E-state index contributed by atoms with van der Waals surface area (Å²) >= 11 is 4.06. The van der Waals surface area contributed by atoms with Gasteiger partial charge in [-0.05, 0) is 48.7 Å². The summed E-state index contributed by atoms with van der Waals surface area (Å²) in [7, 11) is 0. The molecule has 0 fully saturated rings. The Morgan fingerprint density at radius 2 is 1.17 bits per heavy atom. The molecular weight excluding hydrogens is 318 g/mol. The molecule has 0 amide bonds. The molecule has 23 heavy (non-hydrogen) atoms. The Hall–Kier alpha value is -0.120. The molecule has 0 bridgehead atoms. The molecule has 0 heterocycles. The van der Waals surface area contributed by atoms with E-state index < -0.39 is 0 Å². The lowest BCUT2D eigenvalue weighted by atomic mass is 10.1. The maximum Gasteiger partial charge on any atom is 0.00719 e. The average Bonchev–Trinajstić information content (AvgIpc) is 2.56. The van der Waals surface area contributed by atoms with Gasteiger partial charge in [0.05, 0.1) is 0 Å². The van der Waals surface area contributed by atoms with Gasteiger partial charge in [-0.1, -0.05) is 70.1 Å². The van der Waals surface area contributed by atoms with Gasteiger partial charge in [-0.3, -0.25) is 0 Å². The number of rotatable bonds is 15. The summed E-state index contributed by atoms with van der Waals surface area (Å²) in [6.45, 7) is 3.87. The summed E-state index contributed by atoms with van der Waals surface area (Å²) in [5, 5.41) is 0. The standard InChI is InChI=1S/C20H33S2.H3N/c1-2-17-21-18-13-8-6-4-3-5-7-9-14-19-22-20-15-11-10-12-16-20;/h10-12,15-16H,1-9,13-14,17-19H2;1H3. The summed E-state index contributed by atoms with van der Waals surface area (Å²) in [6.07, 6.45) is 13.9. The van der Waals surface area contributed by atoms with Crippen molar-refractivity contribution in [2.75, 3.05) is 17.3 Å². The molecule has 1 rings (SSSR count). The fourth-order valence-electron chi connectivity index (χ4n) is 2.45. The van der Waals surface area contributed by atoms with Crippen molar-refractivity contribution < 1.29 is 0 Å². The topological polar surface area (TPSA) is 35.0 Å². The minimum Gasteiger partial charge on any atom is -0.344 e. The smallest absolute Gasteiger partial charge is 0.00719 e. The lowest BCUT2D eigenvalue weighted by molar-refractivity contribution is 0.574. The third-order valence-electron chi connectivity index (χ3n) is 3.73. The fourth-order valence-corrected chi connectivity index (χ4v) is 4.20. The first-order valence-electron chi connectivity index (χ1n) is 8.98. The lowest BCUT2D eigenvalue weighted by Crippen LogP contribution is -1.85. The number of hydrogen-bond donors (Lipinski definition) is 1. The maximum atomic E-state index is 3.87. The van der Waals surface area contributed by atoms with Crippen LogP contribution in [0.2, 0.25) is 0 Å². The van der Waals surface area contributed by atoms with Gasteiger partial charge in [0.25, 0.3) is 0 Å². The van der Waals surface area contributed by atoms with E-state index in [1.807, 2.05) is 11.8 Å². The Morgan fingerprint density at radius 1 is 0.652 bits per heavy atom. The van der Waals surface area contributed by atoms with E-state index in [1.165, 1.54) is 79.9 Å². The molecule has 0 spiro atoms. The molecule has 0 unspecified atom stereocenters. The third-order valence-corrected chi connectivity index (χ3v) is 5.99. The van der Waals surface area contributed by atoms with Crippen molar-refractivity contribution in [2.45, 2.75) is 69.1 Å². The van der Waals surface area contributed by atoms with Gasteiger partial charge in [0, 0.05) is 4.90 Å². The van der Waals surface area contributed by atoms with E-state index in [2.05, 4.69) is 49.0 Å². The van der Waals surface area contributed by atoms with Crippen molar-refractivity contribution in [3.8, 4) is 0 Å². The Kier molecular flexibility index (Phi) is 18.1. The summed E-state index contributed by atoms with van der Waals surface area (Å²) in [6, 6.07) is 10.8. The zero-order valence-corrected chi connectivity index (χ0v) is 16.4. The van der Waals surface area contributed by atoms with Crippen molar-refractivity contribution >= 4 is 23.5 Å². The summed E-state index contributed by atoms with van der Waals surface area (Å²) < 4.78 is 0. The number of thioether (sulfide) groups is 2. The first-order valence-corrected chi connectivity index (χ1v) is 11.1. The van der Waals surface area contributed by atoms with Gasteiger partial charge < -0.3 is 6.15 Å². The molecule has 1 radical (unpaired) electrons. The molecule has 133 valence electrons. The first kappa shape index (κ1) is 22.9. The summed E-state index contributed by atoms with van der Waals surface area (Å²) in [4.78, 5) is 1.41. The highest BCUT2D eigenvalue weighted by Gasteiger charge is 1.95. The van der Waals surface area contributed by atoms with E-state index in [1.54, 1.807) is 0 Å². The SMILES string of the molecule is N.[CH2]CCSCCCCCCCCCCCSc1ccccc1. The molecule has 0 aliphatic carbocycles. The van der Waals surface area contributed by atoms with E-state index >= 15 is 0 Å². The van der Waals surface area contributed by atoms with Gasteiger partial charge >= 0.3 is 0 Å². The first-order chi connectivity index (χ1) is 10.9. The van der Waals surface area contributed by atoms with E-state index in [0.29, 0.717) is 0 Å². The van der Waals surface area contributed by atoms with Crippen LogP contribution in [0.5, 0.6) is 0 Å². The van der Waals surface area contributed by atoms with E-state index in [9.17, 15) is 0 Å². The second kappa shape index (κ2) is 18.2. The van der Waals surface area contributed by atoms with Crippen LogP contribution in [-0.2, 0) is 0 Å². The quantitative estimate of drug-likeness (QED) is 0.263. The van der Waals surface area contributed by atoms with Crippen molar-refractivity contribution in [3.63, 3.8) is 0 Å². The fraction of sp³-hybridized carbons (Fsp3) is 0.650. The Balaban J connectivity index is 0.00000484. The van der Waals surface area contributed by atoms with Crippen molar-refractivity contribution in [1.29, 1.82) is 0 Å². The van der Waals surface area contributed by atoms with E-state index in [-0.39, 0.29) is 6.15 Å². The molecule has 0 aromatic heterocycles. The van der Waals surface area contributed by atoms with Crippen LogP contribution in [0.4, 0.5) is 0 Å². The molecule has 0 atom stereocenters. The monoisotopic (exact) mass is 354 g/mol. The van der Waals surface area contributed by atoms with Gasteiger partial charge in [0.2, 0.25) is 0 Å². The lowest BCUT2D eigenvalue weighted by Gasteiger charge is -2.03. The van der Waals surface area contributed by atoms with Crippen molar-refractivity contribution in [1.82, 2.24) is 6.15 Å². The van der Waals surface area contributed by atoms with Crippen molar-refractivity contribution in [2.24, 2.45) is 0 Å². The molecule has 0 saturated heterocycles. The zero-order valence-electron chi connectivity index (χ0n) is 14.8. The highest BCUT2D eigenvalue weighted by Crippen LogP contribution is 2.19. The summed E-state index contributed by atoms with van der Waals surface area (Å²) in [5.74, 6) is 3.85. The van der Waals surface area contributed by atoms with Gasteiger partial charge in [-0.2, -0.15) is 11.8 Å². The van der Waals surface area contributed by atoms with Crippen LogP contribution in [0.3, 0.4) is 0 Å². The molecule has 1 nitrogen and oxygen atoms in total. The average molecular weight is 355 g/mol. The number of benzene rings is 1. The maximum absolute atomic E-state index is 3.87. The second-order valence-corrected chi connectivity index (χ2v) is 8.20. The van der Waals surface area contributed by atoms with Crippen LogP contribution >= 0.6 is 23.5 Å². The summed E-state index contributed by atoms with van der Waals surface area (Å²) in [5.41, 5.74) is 0.